The van der Waals surface area contributed by atoms with E-state index in [0.717, 1.165) is 45.1 Å². The summed E-state index contributed by atoms with van der Waals surface area (Å²) in [6, 6.07) is 1.80. The van der Waals surface area contributed by atoms with Crippen LogP contribution < -0.4 is 0 Å². The highest BCUT2D eigenvalue weighted by atomic mass is 16.3. The smallest absolute Gasteiger partial charge is 0.257 e. The van der Waals surface area contributed by atoms with Crippen molar-refractivity contribution in [2.45, 2.75) is 51.0 Å². The van der Waals surface area contributed by atoms with Gasteiger partial charge >= 0.3 is 0 Å². The Bertz CT molecular complexity index is 480. The van der Waals surface area contributed by atoms with Gasteiger partial charge in [-0.15, -0.1) is 0 Å². The second-order valence-corrected chi connectivity index (χ2v) is 5.89. The van der Waals surface area contributed by atoms with Crippen LogP contribution in [-0.2, 0) is 4.79 Å². The van der Waals surface area contributed by atoms with Gasteiger partial charge in [-0.1, -0.05) is 6.42 Å². The Kier molecular flexibility index (Phi) is 3.90. The van der Waals surface area contributed by atoms with Crippen molar-refractivity contribution >= 4 is 11.7 Å². The molecule has 4 nitrogen and oxygen atoms in total. The molecule has 0 spiro atoms. The van der Waals surface area contributed by atoms with Crippen molar-refractivity contribution in [2.24, 2.45) is 5.92 Å². The molecule has 0 N–H and O–H groups in total. The highest BCUT2D eigenvalue weighted by Crippen LogP contribution is 2.32. The Morgan fingerprint density at radius 3 is 2.80 bits per heavy atom. The fraction of sp³-hybridized carbons (Fsp3) is 0.625. The maximum atomic E-state index is 12.6. The van der Waals surface area contributed by atoms with E-state index in [1.807, 2.05) is 4.90 Å². The van der Waals surface area contributed by atoms with Crippen LogP contribution in [0.25, 0.3) is 0 Å². The predicted molar refractivity (Wildman–Crippen MR) is 74.3 cm³/mol. The number of furan rings is 1. The second-order valence-electron chi connectivity index (χ2n) is 5.89. The molecule has 1 amide bonds. The number of piperidine rings is 1. The van der Waals surface area contributed by atoms with Gasteiger partial charge in [-0.2, -0.15) is 0 Å². The van der Waals surface area contributed by atoms with E-state index in [2.05, 4.69) is 0 Å². The first kappa shape index (κ1) is 13.4. The number of carbonyl (C=O) groups excluding carboxylic acids is 2. The molecule has 0 bridgehead atoms. The van der Waals surface area contributed by atoms with Crippen LogP contribution in [0.4, 0.5) is 0 Å². The van der Waals surface area contributed by atoms with E-state index in [1.54, 1.807) is 6.07 Å². The summed E-state index contributed by atoms with van der Waals surface area (Å²) in [4.78, 5) is 26.7. The van der Waals surface area contributed by atoms with E-state index >= 15 is 0 Å². The quantitative estimate of drug-likeness (QED) is 0.833. The van der Waals surface area contributed by atoms with Gasteiger partial charge in [0.2, 0.25) is 0 Å². The number of Topliss-reactive ketones (excluding diaryl/α,β-unsaturated/α-hetero) is 1. The van der Waals surface area contributed by atoms with Gasteiger partial charge in [-0.3, -0.25) is 9.59 Å². The lowest BCUT2D eigenvalue weighted by Crippen LogP contribution is -2.50. The summed E-state index contributed by atoms with van der Waals surface area (Å²) in [5.41, 5.74) is 0.597. The summed E-state index contributed by atoms with van der Waals surface area (Å²) >= 11 is 0. The van der Waals surface area contributed by atoms with Crippen molar-refractivity contribution in [3.63, 3.8) is 0 Å². The van der Waals surface area contributed by atoms with Gasteiger partial charge in [0.1, 0.15) is 12.0 Å². The lowest BCUT2D eigenvalue weighted by atomic mass is 9.79. The number of amides is 1. The molecule has 108 valence electrons. The van der Waals surface area contributed by atoms with Gasteiger partial charge in [-0.05, 0) is 38.2 Å². The predicted octanol–water partition coefficient (Wildman–Crippen LogP) is 3.03. The van der Waals surface area contributed by atoms with Gasteiger partial charge in [0.05, 0.1) is 11.8 Å². The zero-order valence-electron chi connectivity index (χ0n) is 11.7. The summed E-state index contributed by atoms with van der Waals surface area (Å²) < 4.78 is 5.01. The fourth-order valence-electron chi connectivity index (χ4n) is 3.60. The normalized spacial score (nSPS) is 27.6. The molecule has 1 saturated heterocycles. The number of hydrogen-bond acceptors (Lipinski definition) is 3. The van der Waals surface area contributed by atoms with E-state index in [4.69, 9.17) is 4.42 Å². The van der Waals surface area contributed by atoms with E-state index in [-0.39, 0.29) is 17.9 Å². The van der Waals surface area contributed by atoms with E-state index in [9.17, 15) is 9.59 Å². The Balaban J connectivity index is 1.80. The number of carbonyl (C=O) groups is 2. The third kappa shape index (κ3) is 2.51. The third-order valence-corrected chi connectivity index (χ3v) is 4.64. The van der Waals surface area contributed by atoms with Crippen molar-refractivity contribution in [1.82, 2.24) is 4.90 Å². The van der Waals surface area contributed by atoms with Crippen LogP contribution in [0.15, 0.2) is 23.0 Å². The maximum absolute atomic E-state index is 12.6. The Hall–Kier alpha value is -1.58. The van der Waals surface area contributed by atoms with Gasteiger partial charge in [0.15, 0.2) is 0 Å². The summed E-state index contributed by atoms with van der Waals surface area (Å²) in [5, 5.41) is 0. The molecule has 2 atom stereocenters. The number of hydrogen-bond donors (Lipinski definition) is 0. The fourth-order valence-corrected chi connectivity index (χ4v) is 3.60. The Labute approximate surface area is 119 Å². The molecule has 1 aliphatic carbocycles. The first-order valence-corrected chi connectivity index (χ1v) is 7.63. The van der Waals surface area contributed by atoms with Gasteiger partial charge in [-0.25, -0.2) is 0 Å². The minimum absolute atomic E-state index is 0.0156. The number of ketones is 1. The van der Waals surface area contributed by atoms with E-state index in [1.165, 1.54) is 12.5 Å². The topological polar surface area (TPSA) is 50.5 Å². The van der Waals surface area contributed by atoms with Crippen molar-refractivity contribution in [3.05, 3.63) is 24.2 Å². The molecule has 0 radical (unpaired) electrons. The van der Waals surface area contributed by atoms with Gasteiger partial charge in [0.25, 0.3) is 5.91 Å². The average molecular weight is 275 g/mol. The molecule has 2 unspecified atom stereocenters. The SMILES string of the molecule is O=C1CCCCC1C1CCCCN1C(=O)c1ccoc1. The largest absolute Gasteiger partial charge is 0.472 e. The maximum Gasteiger partial charge on any atom is 0.257 e. The number of nitrogens with zero attached hydrogens (tertiary/aromatic N) is 1. The monoisotopic (exact) mass is 275 g/mol. The molecule has 0 aromatic carbocycles. The molecule has 3 rings (SSSR count). The Morgan fingerprint density at radius 2 is 2.05 bits per heavy atom. The average Bonchev–Trinajstić information content (AvgIpc) is 3.01. The molecule has 2 aliphatic rings. The minimum Gasteiger partial charge on any atom is -0.472 e. The van der Waals surface area contributed by atoms with Crippen LogP contribution >= 0.6 is 0 Å². The molecular weight excluding hydrogens is 254 g/mol. The molecule has 2 heterocycles. The van der Waals surface area contributed by atoms with Crippen LogP contribution in [0.3, 0.4) is 0 Å². The molecular formula is C16H21NO3. The molecule has 1 saturated carbocycles. The van der Waals surface area contributed by atoms with Crippen LogP contribution in [0.5, 0.6) is 0 Å². The Morgan fingerprint density at radius 1 is 1.20 bits per heavy atom. The second kappa shape index (κ2) is 5.81. The first-order valence-electron chi connectivity index (χ1n) is 7.63. The minimum atomic E-state index is 0.0156. The zero-order valence-corrected chi connectivity index (χ0v) is 11.7. The van der Waals surface area contributed by atoms with Crippen molar-refractivity contribution in [3.8, 4) is 0 Å². The molecule has 4 heteroatoms. The van der Waals surface area contributed by atoms with Crippen molar-refractivity contribution in [2.75, 3.05) is 6.54 Å². The lowest BCUT2D eigenvalue weighted by Gasteiger charge is -2.41. The van der Waals surface area contributed by atoms with E-state index in [0.29, 0.717) is 17.8 Å². The van der Waals surface area contributed by atoms with Crippen LogP contribution in [0.2, 0.25) is 0 Å². The standard InChI is InChI=1S/C16H21NO3/c18-15-7-2-1-5-13(15)14-6-3-4-9-17(14)16(19)12-8-10-20-11-12/h8,10-11,13-14H,1-7,9H2. The molecule has 2 fully saturated rings. The highest BCUT2D eigenvalue weighted by molar-refractivity contribution is 5.94. The summed E-state index contributed by atoms with van der Waals surface area (Å²) in [5.74, 6) is 0.426. The number of likely N-dealkylation sites (tertiary alicyclic amines) is 1. The molecule has 1 aliphatic heterocycles. The highest BCUT2D eigenvalue weighted by Gasteiger charge is 2.37. The third-order valence-electron chi connectivity index (χ3n) is 4.64. The summed E-state index contributed by atoms with van der Waals surface area (Å²) in [7, 11) is 0. The molecule has 20 heavy (non-hydrogen) atoms. The summed E-state index contributed by atoms with van der Waals surface area (Å²) in [6.45, 7) is 0.762. The van der Waals surface area contributed by atoms with Crippen LogP contribution in [0.1, 0.15) is 55.3 Å². The zero-order chi connectivity index (χ0) is 13.9. The molecule has 1 aromatic heterocycles. The first-order chi connectivity index (χ1) is 9.77. The lowest BCUT2D eigenvalue weighted by molar-refractivity contribution is -0.127. The van der Waals surface area contributed by atoms with E-state index < -0.39 is 0 Å². The molecule has 1 aromatic rings. The van der Waals surface area contributed by atoms with Crippen LogP contribution in [-0.4, -0.2) is 29.2 Å². The van der Waals surface area contributed by atoms with Gasteiger partial charge in [0, 0.05) is 24.9 Å². The van der Waals surface area contributed by atoms with Gasteiger partial charge < -0.3 is 9.32 Å². The van der Waals surface area contributed by atoms with Crippen LogP contribution in [0, 0.1) is 5.92 Å². The van der Waals surface area contributed by atoms with Crippen molar-refractivity contribution < 1.29 is 14.0 Å². The van der Waals surface area contributed by atoms with Crippen molar-refractivity contribution in [1.29, 1.82) is 0 Å². The number of rotatable bonds is 2. The summed E-state index contributed by atoms with van der Waals surface area (Å²) in [6.07, 6.45) is 9.88.